The van der Waals surface area contributed by atoms with Crippen LogP contribution >= 0.6 is 11.3 Å². The predicted octanol–water partition coefficient (Wildman–Crippen LogP) is 2.67. The van der Waals surface area contributed by atoms with Crippen LogP contribution in [0.3, 0.4) is 0 Å². The van der Waals surface area contributed by atoms with Crippen LogP contribution in [0.1, 0.15) is 0 Å². The fourth-order valence-corrected chi connectivity index (χ4v) is 3.34. The van der Waals surface area contributed by atoms with Crippen LogP contribution in [0.4, 0.5) is 0 Å². The van der Waals surface area contributed by atoms with Crippen LogP contribution in [-0.2, 0) is 6.54 Å². The Bertz CT molecular complexity index is 808. The third-order valence-corrected chi connectivity index (χ3v) is 4.51. The number of aromatic nitrogens is 1. The normalized spacial score (nSPS) is 13.5. The van der Waals surface area contributed by atoms with Crippen molar-refractivity contribution in [3.63, 3.8) is 0 Å². The molecule has 1 aromatic heterocycles. The number of benzene rings is 2. The molecule has 3 aromatic rings. The molecule has 0 aliphatic heterocycles. The summed E-state index contributed by atoms with van der Waals surface area (Å²) in [6.45, 7) is 0.716. The molecule has 0 bridgehead atoms. The number of hydrogen-bond donors (Lipinski definition) is 1. The molecular weight excluding hydrogens is 296 g/mol. The molecule has 0 aliphatic carbocycles. The molecule has 0 aliphatic rings. The van der Waals surface area contributed by atoms with E-state index in [0.29, 0.717) is 6.54 Å². The summed E-state index contributed by atoms with van der Waals surface area (Å²) in [7, 11) is 1.77. The molecule has 3 rings (SSSR count). The second-order valence-corrected chi connectivity index (χ2v) is 5.97. The van der Waals surface area contributed by atoms with Crippen LogP contribution in [0.5, 0.6) is 5.75 Å². The van der Waals surface area contributed by atoms with E-state index in [1.165, 1.54) is 4.70 Å². The molecular formula is C17H18N2O2S. The first-order valence-corrected chi connectivity index (χ1v) is 7.96. The highest BCUT2D eigenvalue weighted by molar-refractivity contribution is 7.16. The zero-order valence-electron chi connectivity index (χ0n) is 12.3. The van der Waals surface area contributed by atoms with Gasteiger partial charge in [0.05, 0.1) is 16.8 Å². The summed E-state index contributed by atoms with van der Waals surface area (Å²) in [5.74, 6) is 0.766. The third kappa shape index (κ3) is 3.21. The number of aliphatic hydroxyl groups excluding tert-OH is 1. The predicted molar refractivity (Wildman–Crippen MR) is 89.2 cm³/mol. The summed E-state index contributed by atoms with van der Waals surface area (Å²) in [5.41, 5.74) is 1.09. The fourth-order valence-electron chi connectivity index (χ4n) is 2.34. The van der Waals surface area contributed by atoms with Gasteiger partial charge in [0, 0.05) is 7.05 Å². The molecule has 2 aromatic carbocycles. The van der Waals surface area contributed by atoms with Crippen molar-refractivity contribution in [2.45, 2.75) is 12.6 Å². The molecule has 1 N–H and O–H groups in total. The summed E-state index contributed by atoms with van der Waals surface area (Å²) < 4.78 is 8.82. The molecule has 1 atom stereocenters. The van der Waals surface area contributed by atoms with Gasteiger partial charge in [-0.15, -0.1) is 0 Å². The maximum absolute atomic E-state index is 10.3. The van der Waals surface area contributed by atoms with E-state index in [4.69, 9.17) is 4.74 Å². The van der Waals surface area contributed by atoms with Gasteiger partial charge in [-0.3, -0.25) is 4.99 Å². The van der Waals surface area contributed by atoms with E-state index in [0.717, 1.165) is 16.1 Å². The molecule has 5 heteroatoms. The number of hydrogen-bond acceptors (Lipinski definition) is 4. The highest BCUT2D eigenvalue weighted by Crippen LogP contribution is 2.17. The highest BCUT2D eigenvalue weighted by Gasteiger charge is 2.11. The van der Waals surface area contributed by atoms with Gasteiger partial charge in [0.25, 0.3) is 0 Å². The quantitative estimate of drug-likeness (QED) is 0.787. The van der Waals surface area contributed by atoms with Crippen LogP contribution in [0, 0.1) is 0 Å². The molecule has 114 valence electrons. The molecule has 4 nitrogen and oxygen atoms in total. The minimum absolute atomic E-state index is 0.254. The van der Waals surface area contributed by atoms with Gasteiger partial charge in [-0.1, -0.05) is 41.7 Å². The number of rotatable bonds is 5. The molecule has 0 unspecified atom stereocenters. The van der Waals surface area contributed by atoms with Gasteiger partial charge in [-0.05, 0) is 24.3 Å². The van der Waals surface area contributed by atoms with Gasteiger partial charge in [-0.25, -0.2) is 0 Å². The number of para-hydroxylation sites is 2. The van der Waals surface area contributed by atoms with Crippen LogP contribution in [0.2, 0.25) is 0 Å². The van der Waals surface area contributed by atoms with Crippen molar-refractivity contribution in [1.29, 1.82) is 0 Å². The topological polar surface area (TPSA) is 46.8 Å². The molecule has 0 saturated heterocycles. The van der Waals surface area contributed by atoms with Gasteiger partial charge in [-0.2, -0.15) is 0 Å². The molecule has 0 spiro atoms. The Hall–Kier alpha value is -2.11. The summed E-state index contributed by atoms with van der Waals surface area (Å²) in [5, 5.41) is 10.3. The molecule has 0 radical (unpaired) electrons. The van der Waals surface area contributed by atoms with Crippen molar-refractivity contribution in [2.24, 2.45) is 4.99 Å². The lowest BCUT2D eigenvalue weighted by molar-refractivity contribution is 0.0929. The van der Waals surface area contributed by atoms with Crippen LogP contribution in [-0.4, -0.2) is 29.4 Å². The molecule has 1 heterocycles. The van der Waals surface area contributed by atoms with Gasteiger partial charge >= 0.3 is 0 Å². The van der Waals surface area contributed by atoms with Crippen LogP contribution < -0.4 is 9.54 Å². The lowest BCUT2D eigenvalue weighted by Gasteiger charge is -2.14. The van der Waals surface area contributed by atoms with Gasteiger partial charge in [0.2, 0.25) is 0 Å². The minimum Gasteiger partial charge on any atom is -0.491 e. The first-order chi connectivity index (χ1) is 10.8. The Morgan fingerprint density at radius 2 is 1.86 bits per heavy atom. The monoisotopic (exact) mass is 314 g/mol. The van der Waals surface area contributed by atoms with Crippen LogP contribution in [0.25, 0.3) is 10.2 Å². The van der Waals surface area contributed by atoms with Gasteiger partial charge in [0.1, 0.15) is 18.5 Å². The van der Waals surface area contributed by atoms with Crippen molar-refractivity contribution in [3.8, 4) is 5.75 Å². The summed E-state index contributed by atoms with van der Waals surface area (Å²) in [6.07, 6.45) is -0.594. The van der Waals surface area contributed by atoms with E-state index in [9.17, 15) is 5.11 Å². The maximum atomic E-state index is 10.3. The van der Waals surface area contributed by atoms with E-state index in [2.05, 4.69) is 11.1 Å². The average molecular weight is 314 g/mol. The second-order valence-electron chi connectivity index (χ2n) is 4.96. The molecule has 0 saturated carbocycles. The number of thiazole rings is 1. The Morgan fingerprint density at radius 1 is 1.14 bits per heavy atom. The Kier molecular flexibility index (Phi) is 4.56. The largest absolute Gasteiger partial charge is 0.491 e. The lowest BCUT2D eigenvalue weighted by Crippen LogP contribution is -2.28. The standard InChI is InChI=1S/C17H18N2O2S/c1-18-17-19(15-9-5-6-10-16(15)22-17)11-13(20)12-21-14-7-3-2-4-8-14/h2-10,13,20H,11-12H2,1H3/t13-/m0/s1. The number of nitrogens with zero attached hydrogens (tertiary/aromatic N) is 2. The number of fused-ring (bicyclic) bond motifs is 1. The van der Waals surface area contributed by atoms with Gasteiger partial charge in [0.15, 0.2) is 4.80 Å². The first kappa shape index (κ1) is 14.8. The first-order valence-electron chi connectivity index (χ1n) is 7.15. The van der Waals surface area contributed by atoms with Crippen molar-refractivity contribution in [1.82, 2.24) is 4.57 Å². The number of ether oxygens (including phenoxy) is 1. The lowest BCUT2D eigenvalue weighted by atomic mass is 10.3. The second kappa shape index (κ2) is 6.77. The highest BCUT2D eigenvalue weighted by atomic mass is 32.1. The van der Waals surface area contributed by atoms with E-state index >= 15 is 0 Å². The Labute approximate surface area is 133 Å². The SMILES string of the molecule is CN=c1sc2ccccc2n1C[C@H](O)COc1ccccc1. The summed E-state index contributed by atoms with van der Waals surface area (Å²) in [6, 6.07) is 17.7. The van der Waals surface area contributed by atoms with E-state index in [-0.39, 0.29) is 6.61 Å². The zero-order chi connectivity index (χ0) is 15.4. The van der Waals surface area contributed by atoms with E-state index in [1.54, 1.807) is 18.4 Å². The maximum Gasteiger partial charge on any atom is 0.185 e. The summed E-state index contributed by atoms with van der Waals surface area (Å²) >= 11 is 1.62. The molecule has 0 amide bonds. The average Bonchev–Trinajstić information content (AvgIpc) is 2.92. The molecule has 0 fully saturated rings. The van der Waals surface area contributed by atoms with Crippen molar-refractivity contribution in [3.05, 3.63) is 59.4 Å². The fraction of sp³-hybridized carbons (Fsp3) is 0.235. The van der Waals surface area contributed by atoms with Crippen molar-refractivity contribution in [2.75, 3.05) is 13.7 Å². The van der Waals surface area contributed by atoms with Crippen molar-refractivity contribution < 1.29 is 9.84 Å². The minimum atomic E-state index is -0.594. The zero-order valence-corrected chi connectivity index (χ0v) is 13.2. The smallest absolute Gasteiger partial charge is 0.185 e. The van der Waals surface area contributed by atoms with E-state index < -0.39 is 6.10 Å². The van der Waals surface area contributed by atoms with Crippen LogP contribution in [0.15, 0.2) is 59.6 Å². The Balaban J connectivity index is 1.75. The van der Waals surface area contributed by atoms with Gasteiger partial charge < -0.3 is 14.4 Å². The molecule has 22 heavy (non-hydrogen) atoms. The summed E-state index contributed by atoms with van der Waals surface area (Å²) in [4.78, 5) is 5.21. The Morgan fingerprint density at radius 3 is 2.64 bits per heavy atom. The van der Waals surface area contributed by atoms with E-state index in [1.807, 2.05) is 53.1 Å². The van der Waals surface area contributed by atoms with Crippen molar-refractivity contribution >= 4 is 21.6 Å². The number of aliphatic hydroxyl groups is 1. The third-order valence-electron chi connectivity index (χ3n) is 3.36.